The van der Waals surface area contributed by atoms with Crippen molar-refractivity contribution in [3.63, 3.8) is 0 Å². The van der Waals surface area contributed by atoms with Gasteiger partial charge >= 0.3 is 6.18 Å². The fourth-order valence-electron chi connectivity index (χ4n) is 1.29. The van der Waals surface area contributed by atoms with E-state index in [0.717, 1.165) is 0 Å². The first-order chi connectivity index (χ1) is 8.90. The molecular formula is C12H14F3NO3. The van der Waals surface area contributed by atoms with Crippen LogP contribution in [0.4, 0.5) is 18.9 Å². The van der Waals surface area contributed by atoms with Gasteiger partial charge in [-0.2, -0.15) is 13.2 Å². The number of carbonyl (C=O) groups is 1. The topological polar surface area (TPSA) is 47.6 Å². The van der Waals surface area contributed by atoms with Crippen molar-refractivity contribution in [1.29, 1.82) is 0 Å². The third-order valence-corrected chi connectivity index (χ3v) is 1.93. The van der Waals surface area contributed by atoms with Gasteiger partial charge in [0.1, 0.15) is 19.0 Å². The van der Waals surface area contributed by atoms with Gasteiger partial charge in [-0.1, -0.05) is 6.07 Å². The molecule has 0 heterocycles. The van der Waals surface area contributed by atoms with Crippen LogP contribution in [0.25, 0.3) is 0 Å². The van der Waals surface area contributed by atoms with Crippen LogP contribution in [0.15, 0.2) is 24.3 Å². The Balaban J connectivity index is 2.41. The Labute approximate surface area is 108 Å². The van der Waals surface area contributed by atoms with E-state index in [4.69, 9.17) is 4.74 Å². The second kappa shape index (κ2) is 6.98. The molecule has 7 heteroatoms. The summed E-state index contributed by atoms with van der Waals surface area (Å²) in [6.45, 7) is 0.195. The van der Waals surface area contributed by atoms with Crippen LogP contribution in [-0.2, 0) is 9.53 Å². The Kier molecular flexibility index (Phi) is 5.62. The van der Waals surface area contributed by atoms with Gasteiger partial charge in [0.15, 0.2) is 0 Å². The highest BCUT2D eigenvalue weighted by molar-refractivity contribution is 5.91. The minimum Gasteiger partial charge on any atom is -0.494 e. The van der Waals surface area contributed by atoms with Gasteiger partial charge in [0.2, 0.25) is 5.91 Å². The molecule has 1 amide bonds. The van der Waals surface area contributed by atoms with Crippen molar-refractivity contribution < 1.29 is 27.4 Å². The Bertz CT molecular complexity index is 421. The van der Waals surface area contributed by atoms with Crippen molar-refractivity contribution >= 4 is 11.6 Å². The van der Waals surface area contributed by atoms with Gasteiger partial charge < -0.3 is 14.8 Å². The van der Waals surface area contributed by atoms with Gasteiger partial charge in [0.25, 0.3) is 0 Å². The molecule has 106 valence electrons. The van der Waals surface area contributed by atoms with Crippen LogP contribution in [0, 0.1) is 0 Å². The largest absolute Gasteiger partial charge is 0.494 e. The first-order valence-corrected chi connectivity index (χ1v) is 5.58. The SMILES string of the molecule is CCOc1cccc(NC(=O)COCC(F)(F)F)c1. The zero-order valence-electron chi connectivity index (χ0n) is 10.3. The molecule has 0 aliphatic carbocycles. The molecule has 0 saturated carbocycles. The van der Waals surface area contributed by atoms with Gasteiger partial charge in [-0.3, -0.25) is 4.79 Å². The highest BCUT2D eigenvalue weighted by Gasteiger charge is 2.27. The van der Waals surface area contributed by atoms with E-state index in [1.54, 1.807) is 24.3 Å². The summed E-state index contributed by atoms with van der Waals surface area (Å²) >= 11 is 0. The zero-order valence-corrected chi connectivity index (χ0v) is 10.3. The first-order valence-electron chi connectivity index (χ1n) is 5.58. The number of nitrogens with one attached hydrogen (secondary N) is 1. The van der Waals surface area contributed by atoms with E-state index in [9.17, 15) is 18.0 Å². The van der Waals surface area contributed by atoms with Gasteiger partial charge in [0, 0.05) is 11.8 Å². The second-order valence-electron chi connectivity index (χ2n) is 3.62. The molecule has 1 aromatic carbocycles. The van der Waals surface area contributed by atoms with E-state index in [0.29, 0.717) is 18.0 Å². The van der Waals surface area contributed by atoms with E-state index in [1.807, 2.05) is 6.92 Å². The van der Waals surface area contributed by atoms with Gasteiger partial charge in [-0.05, 0) is 19.1 Å². The summed E-state index contributed by atoms with van der Waals surface area (Å²) in [5.74, 6) is -0.0885. The maximum Gasteiger partial charge on any atom is 0.411 e. The monoisotopic (exact) mass is 277 g/mol. The Hall–Kier alpha value is -1.76. The van der Waals surface area contributed by atoms with Crippen LogP contribution in [0.1, 0.15) is 6.92 Å². The van der Waals surface area contributed by atoms with E-state index in [1.165, 1.54) is 0 Å². The molecule has 0 aromatic heterocycles. The van der Waals surface area contributed by atoms with E-state index in [2.05, 4.69) is 10.1 Å². The molecule has 1 aromatic rings. The molecule has 0 unspecified atom stereocenters. The van der Waals surface area contributed by atoms with Crippen molar-refractivity contribution in [2.75, 3.05) is 25.1 Å². The number of benzene rings is 1. The van der Waals surface area contributed by atoms with Gasteiger partial charge in [0.05, 0.1) is 6.61 Å². The van der Waals surface area contributed by atoms with Crippen molar-refractivity contribution in [3.8, 4) is 5.75 Å². The van der Waals surface area contributed by atoms with Crippen LogP contribution in [0.5, 0.6) is 5.75 Å². The fraction of sp³-hybridized carbons (Fsp3) is 0.417. The molecule has 0 radical (unpaired) electrons. The number of carbonyl (C=O) groups excluding carboxylic acids is 1. The molecule has 0 spiro atoms. The lowest BCUT2D eigenvalue weighted by Crippen LogP contribution is -2.23. The average Bonchev–Trinajstić information content (AvgIpc) is 2.28. The molecule has 0 fully saturated rings. The smallest absolute Gasteiger partial charge is 0.411 e. The van der Waals surface area contributed by atoms with Crippen LogP contribution >= 0.6 is 0 Å². The molecule has 0 bridgehead atoms. The first kappa shape index (κ1) is 15.3. The second-order valence-corrected chi connectivity index (χ2v) is 3.62. The third kappa shape index (κ3) is 6.66. The summed E-state index contributed by atoms with van der Waals surface area (Å²) in [5.41, 5.74) is 0.437. The quantitative estimate of drug-likeness (QED) is 0.869. The predicted octanol–water partition coefficient (Wildman–Crippen LogP) is 2.60. The number of rotatable bonds is 6. The Morgan fingerprint density at radius 1 is 1.37 bits per heavy atom. The summed E-state index contributed by atoms with van der Waals surface area (Å²) in [7, 11) is 0. The maximum absolute atomic E-state index is 11.8. The van der Waals surface area contributed by atoms with E-state index >= 15 is 0 Å². The molecular weight excluding hydrogens is 263 g/mol. The Morgan fingerprint density at radius 2 is 2.11 bits per heavy atom. The highest BCUT2D eigenvalue weighted by Crippen LogP contribution is 2.17. The van der Waals surface area contributed by atoms with E-state index < -0.39 is 25.3 Å². The predicted molar refractivity (Wildman–Crippen MR) is 63.1 cm³/mol. The molecule has 4 nitrogen and oxygen atoms in total. The van der Waals surface area contributed by atoms with E-state index in [-0.39, 0.29) is 0 Å². The molecule has 0 aliphatic heterocycles. The number of hydrogen-bond donors (Lipinski definition) is 1. The lowest BCUT2D eigenvalue weighted by atomic mass is 10.3. The van der Waals surface area contributed by atoms with Gasteiger partial charge in [-0.25, -0.2) is 0 Å². The summed E-state index contributed by atoms with van der Waals surface area (Å²) < 4.78 is 44.9. The van der Waals surface area contributed by atoms with Crippen LogP contribution in [0.2, 0.25) is 0 Å². The standard InChI is InChI=1S/C12H14F3NO3/c1-2-19-10-5-3-4-9(6-10)16-11(17)7-18-8-12(13,14)15/h3-6H,2,7-8H2,1H3,(H,16,17). The number of ether oxygens (including phenoxy) is 2. The average molecular weight is 277 g/mol. The molecule has 1 N–H and O–H groups in total. The maximum atomic E-state index is 11.8. The molecule has 19 heavy (non-hydrogen) atoms. The van der Waals surface area contributed by atoms with Crippen LogP contribution in [-0.4, -0.2) is 31.9 Å². The number of anilines is 1. The number of amides is 1. The minimum atomic E-state index is -4.44. The summed E-state index contributed by atoms with van der Waals surface area (Å²) in [4.78, 5) is 11.3. The van der Waals surface area contributed by atoms with Crippen molar-refractivity contribution in [2.24, 2.45) is 0 Å². The zero-order chi connectivity index (χ0) is 14.3. The molecule has 1 rings (SSSR count). The van der Waals surface area contributed by atoms with Crippen molar-refractivity contribution in [3.05, 3.63) is 24.3 Å². The number of hydrogen-bond acceptors (Lipinski definition) is 3. The lowest BCUT2D eigenvalue weighted by molar-refractivity contribution is -0.174. The summed E-state index contributed by atoms with van der Waals surface area (Å²) in [6.07, 6.45) is -4.44. The normalized spacial score (nSPS) is 11.2. The fourth-order valence-corrected chi connectivity index (χ4v) is 1.29. The number of alkyl halides is 3. The minimum absolute atomic E-state index is 0.437. The molecule has 0 aliphatic rings. The summed E-state index contributed by atoms with van der Waals surface area (Å²) in [6, 6.07) is 6.55. The summed E-state index contributed by atoms with van der Waals surface area (Å²) in [5, 5.41) is 2.42. The molecule has 0 saturated heterocycles. The molecule has 0 atom stereocenters. The highest BCUT2D eigenvalue weighted by atomic mass is 19.4. The Morgan fingerprint density at radius 3 is 2.74 bits per heavy atom. The van der Waals surface area contributed by atoms with Crippen molar-refractivity contribution in [2.45, 2.75) is 13.1 Å². The number of halogens is 3. The van der Waals surface area contributed by atoms with Crippen LogP contribution < -0.4 is 10.1 Å². The third-order valence-electron chi connectivity index (χ3n) is 1.93. The van der Waals surface area contributed by atoms with Crippen molar-refractivity contribution in [1.82, 2.24) is 0 Å². The van der Waals surface area contributed by atoms with Gasteiger partial charge in [-0.15, -0.1) is 0 Å². The lowest BCUT2D eigenvalue weighted by Gasteiger charge is -2.09. The van der Waals surface area contributed by atoms with Crippen LogP contribution in [0.3, 0.4) is 0 Å².